The molecular formula is C19H27N3O4. The molecule has 2 aliphatic heterocycles. The number of piperazine rings is 1. The van der Waals surface area contributed by atoms with Gasteiger partial charge in [0.1, 0.15) is 11.7 Å². The van der Waals surface area contributed by atoms with Crippen molar-refractivity contribution in [3.05, 3.63) is 30.3 Å². The Morgan fingerprint density at radius 1 is 1.15 bits per heavy atom. The summed E-state index contributed by atoms with van der Waals surface area (Å²) in [6.45, 7) is 9.58. The number of hydrogen-bond acceptors (Lipinski definition) is 5. The molecular weight excluding hydrogens is 334 g/mol. The molecule has 2 fully saturated rings. The van der Waals surface area contributed by atoms with Gasteiger partial charge in [-0.25, -0.2) is 9.59 Å². The topological polar surface area (TPSA) is 62.3 Å². The molecule has 7 nitrogen and oxygen atoms in total. The fourth-order valence-corrected chi connectivity index (χ4v) is 3.16. The summed E-state index contributed by atoms with van der Waals surface area (Å²) in [5.74, 6) is 0. The molecule has 0 aromatic heterocycles. The Bertz CT molecular complexity index is 636. The molecule has 2 saturated heterocycles. The van der Waals surface area contributed by atoms with Crippen molar-refractivity contribution < 1.29 is 19.1 Å². The van der Waals surface area contributed by atoms with Gasteiger partial charge >= 0.3 is 12.2 Å². The number of para-hydroxylation sites is 1. The van der Waals surface area contributed by atoms with Crippen LogP contribution in [0.5, 0.6) is 0 Å². The summed E-state index contributed by atoms with van der Waals surface area (Å²) in [4.78, 5) is 29.9. The normalized spacial score (nSPS) is 21.7. The molecule has 1 aromatic rings. The van der Waals surface area contributed by atoms with Crippen LogP contribution < -0.4 is 4.90 Å². The highest BCUT2D eigenvalue weighted by atomic mass is 16.6. The molecule has 142 valence electrons. The van der Waals surface area contributed by atoms with Gasteiger partial charge in [-0.3, -0.25) is 9.80 Å². The number of ether oxygens (including phenoxy) is 2. The minimum absolute atomic E-state index is 0.157. The maximum Gasteiger partial charge on any atom is 0.414 e. The molecule has 0 saturated carbocycles. The van der Waals surface area contributed by atoms with Crippen LogP contribution in [0.1, 0.15) is 20.8 Å². The van der Waals surface area contributed by atoms with Crippen molar-refractivity contribution >= 4 is 17.9 Å². The van der Waals surface area contributed by atoms with Crippen molar-refractivity contribution in [2.45, 2.75) is 32.5 Å². The summed E-state index contributed by atoms with van der Waals surface area (Å²) in [6.07, 6.45) is -0.718. The van der Waals surface area contributed by atoms with Crippen LogP contribution in [0, 0.1) is 0 Å². The fraction of sp³-hybridized carbons (Fsp3) is 0.579. The number of anilines is 1. The molecule has 0 bridgehead atoms. The second-order valence-corrected chi connectivity index (χ2v) is 7.72. The van der Waals surface area contributed by atoms with Crippen LogP contribution in [0.4, 0.5) is 15.3 Å². The number of amides is 2. The first kappa shape index (κ1) is 18.5. The number of nitrogens with zero attached hydrogens (tertiary/aromatic N) is 3. The molecule has 0 N–H and O–H groups in total. The minimum Gasteiger partial charge on any atom is -0.444 e. The standard InChI is InChI=1S/C19H27N3O4/c1-19(2,3)26-17(23)21-11-9-20(10-12-21)13-16-14-22(18(24)25-16)15-7-5-4-6-8-15/h4-8,16H,9-14H2,1-3H3/t16-/m1/s1. The first-order chi connectivity index (χ1) is 12.3. The van der Waals surface area contributed by atoms with E-state index in [1.165, 1.54) is 0 Å². The summed E-state index contributed by atoms with van der Waals surface area (Å²) in [7, 11) is 0. The van der Waals surface area contributed by atoms with E-state index >= 15 is 0 Å². The van der Waals surface area contributed by atoms with E-state index in [-0.39, 0.29) is 18.3 Å². The number of carbonyl (C=O) groups excluding carboxylic acids is 2. The average Bonchev–Trinajstić information content (AvgIpc) is 2.95. The van der Waals surface area contributed by atoms with E-state index in [1.807, 2.05) is 51.1 Å². The van der Waals surface area contributed by atoms with Crippen LogP contribution in [0.25, 0.3) is 0 Å². The summed E-state index contributed by atoms with van der Waals surface area (Å²) in [6, 6.07) is 9.55. The third kappa shape index (κ3) is 4.66. The van der Waals surface area contributed by atoms with Crippen molar-refractivity contribution in [3.63, 3.8) is 0 Å². The summed E-state index contributed by atoms with van der Waals surface area (Å²) in [5, 5.41) is 0. The largest absolute Gasteiger partial charge is 0.444 e. The van der Waals surface area contributed by atoms with Crippen molar-refractivity contribution in [2.24, 2.45) is 0 Å². The smallest absolute Gasteiger partial charge is 0.414 e. The monoisotopic (exact) mass is 361 g/mol. The molecule has 0 aliphatic carbocycles. The zero-order valence-electron chi connectivity index (χ0n) is 15.7. The highest BCUT2D eigenvalue weighted by Gasteiger charge is 2.34. The average molecular weight is 361 g/mol. The van der Waals surface area contributed by atoms with Gasteiger partial charge in [-0.1, -0.05) is 18.2 Å². The van der Waals surface area contributed by atoms with E-state index < -0.39 is 5.60 Å². The number of carbonyl (C=O) groups is 2. The lowest BCUT2D eigenvalue weighted by atomic mass is 10.2. The van der Waals surface area contributed by atoms with Crippen molar-refractivity contribution in [3.8, 4) is 0 Å². The Kier molecular flexibility index (Phi) is 5.36. The molecule has 2 amide bonds. The Labute approximate surface area is 154 Å². The highest BCUT2D eigenvalue weighted by molar-refractivity contribution is 5.89. The van der Waals surface area contributed by atoms with Crippen LogP contribution in [0.15, 0.2) is 30.3 Å². The van der Waals surface area contributed by atoms with E-state index in [4.69, 9.17) is 9.47 Å². The van der Waals surface area contributed by atoms with Gasteiger partial charge in [-0.2, -0.15) is 0 Å². The van der Waals surface area contributed by atoms with Crippen LogP contribution in [-0.4, -0.2) is 73.0 Å². The van der Waals surface area contributed by atoms with Crippen molar-refractivity contribution in [1.29, 1.82) is 0 Å². The number of rotatable bonds is 3. The third-order valence-corrected chi connectivity index (χ3v) is 4.43. The second kappa shape index (κ2) is 7.53. The Balaban J connectivity index is 1.47. The highest BCUT2D eigenvalue weighted by Crippen LogP contribution is 2.22. The fourth-order valence-electron chi connectivity index (χ4n) is 3.16. The second-order valence-electron chi connectivity index (χ2n) is 7.72. The summed E-state index contributed by atoms with van der Waals surface area (Å²) >= 11 is 0. The Hall–Kier alpha value is -2.28. The molecule has 0 radical (unpaired) electrons. The predicted molar refractivity (Wildman–Crippen MR) is 98.3 cm³/mol. The lowest BCUT2D eigenvalue weighted by Gasteiger charge is -2.36. The zero-order valence-corrected chi connectivity index (χ0v) is 15.7. The van der Waals surface area contributed by atoms with E-state index in [9.17, 15) is 9.59 Å². The summed E-state index contributed by atoms with van der Waals surface area (Å²) in [5.41, 5.74) is 0.377. The van der Waals surface area contributed by atoms with Gasteiger partial charge in [0.2, 0.25) is 0 Å². The molecule has 3 rings (SSSR count). The molecule has 2 heterocycles. The molecule has 26 heavy (non-hydrogen) atoms. The third-order valence-electron chi connectivity index (χ3n) is 4.43. The van der Waals surface area contributed by atoms with Crippen LogP contribution in [0.3, 0.4) is 0 Å². The minimum atomic E-state index is -0.479. The Morgan fingerprint density at radius 2 is 1.81 bits per heavy atom. The van der Waals surface area contributed by atoms with Crippen LogP contribution in [0.2, 0.25) is 0 Å². The zero-order chi connectivity index (χ0) is 18.7. The maximum absolute atomic E-state index is 12.1. The Morgan fingerprint density at radius 3 is 2.42 bits per heavy atom. The van der Waals surface area contributed by atoms with Crippen molar-refractivity contribution in [2.75, 3.05) is 44.2 Å². The lowest BCUT2D eigenvalue weighted by Crippen LogP contribution is -2.51. The van der Waals surface area contributed by atoms with Gasteiger partial charge in [0, 0.05) is 38.4 Å². The maximum atomic E-state index is 12.1. The van der Waals surface area contributed by atoms with Gasteiger partial charge in [0.15, 0.2) is 0 Å². The van der Waals surface area contributed by atoms with Gasteiger partial charge in [-0.05, 0) is 32.9 Å². The first-order valence-corrected chi connectivity index (χ1v) is 9.05. The molecule has 0 spiro atoms. The number of hydrogen-bond donors (Lipinski definition) is 0. The lowest BCUT2D eigenvalue weighted by molar-refractivity contribution is 0.0113. The SMILES string of the molecule is CC(C)(C)OC(=O)N1CCN(C[C@@H]2CN(c3ccccc3)C(=O)O2)CC1. The first-order valence-electron chi connectivity index (χ1n) is 9.05. The summed E-state index contributed by atoms with van der Waals surface area (Å²) < 4.78 is 10.9. The van der Waals surface area contributed by atoms with E-state index in [1.54, 1.807) is 9.80 Å². The van der Waals surface area contributed by atoms with E-state index in [2.05, 4.69) is 4.90 Å². The van der Waals surface area contributed by atoms with Gasteiger partial charge < -0.3 is 14.4 Å². The van der Waals surface area contributed by atoms with E-state index in [0.29, 0.717) is 26.2 Å². The molecule has 1 aromatic carbocycles. The van der Waals surface area contributed by atoms with Gasteiger partial charge in [0.05, 0.1) is 6.54 Å². The molecule has 7 heteroatoms. The molecule has 0 unspecified atom stereocenters. The molecule has 1 atom stereocenters. The number of benzene rings is 1. The van der Waals surface area contributed by atoms with E-state index in [0.717, 1.165) is 18.8 Å². The van der Waals surface area contributed by atoms with Crippen molar-refractivity contribution in [1.82, 2.24) is 9.80 Å². The quantitative estimate of drug-likeness (QED) is 0.828. The van der Waals surface area contributed by atoms with Gasteiger partial charge in [0.25, 0.3) is 0 Å². The van der Waals surface area contributed by atoms with Crippen LogP contribution in [-0.2, 0) is 9.47 Å². The predicted octanol–water partition coefficient (Wildman–Crippen LogP) is 2.56. The number of cyclic esters (lactones) is 1. The molecule has 2 aliphatic rings. The van der Waals surface area contributed by atoms with Crippen LogP contribution >= 0.6 is 0 Å². The van der Waals surface area contributed by atoms with Gasteiger partial charge in [-0.15, -0.1) is 0 Å².